The third-order valence-electron chi connectivity index (χ3n) is 4.01. The number of anilines is 1. The van der Waals surface area contributed by atoms with Gasteiger partial charge in [-0.1, -0.05) is 23.4 Å². The van der Waals surface area contributed by atoms with E-state index in [0.29, 0.717) is 0 Å². The molecule has 2 aromatic carbocycles. The van der Waals surface area contributed by atoms with E-state index >= 15 is 0 Å². The number of aromatic nitrogens is 2. The van der Waals surface area contributed by atoms with Crippen molar-refractivity contribution in [1.29, 1.82) is 0 Å². The Morgan fingerprint density at radius 2 is 1.90 bits per heavy atom. The van der Waals surface area contributed by atoms with Crippen LogP contribution in [-0.2, 0) is 16.2 Å². The second-order valence-electron chi connectivity index (χ2n) is 5.82. The van der Waals surface area contributed by atoms with Crippen LogP contribution in [0.1, 0.15) is 15.9 Å². The van der Waals surface area contributed by atoms with Gasteiger partial charge in [0.2, 0.25) is 10.0 Å². The van der Waals surface area contributed by atoms with Crippen molar-refractivity contribution < 1.29 is 26.4 Å². The molecule has 0 atom stereocenters. The number of imidazole rings is 1. The van der Waals surface area contributed by atoms with E-state index in [1.807, 2.05) is 0 Å². The van der Waals surface area contributed by atoms with Crippen LogP contribution in [-0.4, -0.2) is 30.1 Å². The van der Waals surface area contributed by atoms with Gasteiger partial charge in [0.1, 0.15) is 10.4 Å². The highest BCUT2D eigenvalue weighted by molar-refractivity contribution is 7.98. The standard InChI is InChI=1S/C16H12ClF3N4O3S2/c1-28-15-23-13-10(5-3-8(12(13)21)16(18,19)20)24(15)14(25)7-2-4-9(17)11(6-7)29(22,26)27/h2-6H,21H2,1H3,(H2,22,26,27). The molecule has 3 rings (SSSR count). The van der Waals surface area contributed by atoms with E-state index in [1.54, 1.807) is 6.26 Å². The molecule has 4 N–H and O–H groups in total. The third-order valence-corrected chi connectivity index (χ3v) is 6.04. The van der Waals surface area contributed by atoms with Gasteiger partial charge in [-0.2, -0.15) is 13.2 Å². The zero-order valence-electron chi connectivity index (χ0n) is 14.5. The highest BCUT2D eigenvalue weighted by Crippen LogP contribution is 2.38. The zero-order valence-corrected chi connectivity index (χ0v) is 16.9. The average molecular weight is 465 g/mol. The van der Waals surface area contributed by atoms with Crippen molar-refractivity contribution in [2.45, 2.75) is 16.2 Å². The third kappa shape index (κ3) is 3.80. The second-order valence-corrected chi connectivity index (χ2v) is 8.53. The first-order valence-electron chi connectivity index (χ1n) is 7.65. The smallest absolute Gasteiger partial charge is 0.396 e. The molecule has 0 aliphatic carbocycles. The van der Waals surface area contributed by atoms with Crippen LogP contribution >= 0.6 is 23.4 Å². The summed E-state index contributed by atoms with van der Waals surface area (Å²) in [6, 6.07) is 5.27. The maximum Gasteiger partial charge on any atom is 0.418 e. The molecule has 0 saturated heterocycles. The van der Waals surface area contributed by atoms with Crippen molar-refractivity contribution in [2.24, 2.45) is 5.14 Å². The Labute approximate surface area is 171 Å². The fraction of sp³-hybridized carbons (Fsp3) is 0.125. The van der Waals surface area contributed by atoms with Crippen LogP contribution in [0, 0.1) is 0 Å². The SMILES string of the molecule is CSc1nc2c(N)c(C(F)(F)F)ccc2n1C(=O)c1ccc(Cl)c(S(N)(=O)=O)c1. The summed E-state index contributed by atoms with van der Waals surface area (Å²) in [5.74, 6) is -0.738. The number of nitrogens with zero attached hydrogens (tertiary/aromatic N) is 2. The summed E-state index contributed by atoms with van der Waals surface area (Å²) in [7, 11) is -4.20. The Balaban J connectivity index is 2.25. The predicted molar refractivity (Wildman–Crippen MR) is 103 cm³/mol. The maximum atomic E-state index is 13.1. The monoisotopic (exact) mass is 464 g/mol. The highest BCUT2D eigenvalue weighted by Gasteiger charge is 2.35. The molecular weight excluding hydrogens is 453 g/mol. The van der Waals surface area contributed by atoms with Gasteiger partial charge in [0.25, 0.3) is 5.91 Å². The summed E-state index contributed by atoms with van der Waals surface area (Å²) >= 11 is 6.83. The van der Waals surface area contributed by atoms with Gasteiger partial charge in [-0.05, 0) is 36.6 Å². The van der Waals surface area contributed by atoms with Crippen molar-refractivity contribution in [1.82, 2.24) is 9.55 Å². The summed E-state index contributed by atoms with van der Waals surface area (Å²) < 4.78 is 63.7. The largest absolute Gasteiger partial charge is 0.418 e. The van der Waals surface area contributed by atoms with Crippen molar-refractivity contribution in [3.05, 3.63) is 46.5 Å². The number of thioether (sulfide) groups is 1. The molecule has 0 amide bonds. The van der Waals surface area contributed by atoms with E-state index in [0.717, 1.165) is 34.5 Å². The van der Waals surface area contributed by atoms with E-state index in [-0.39, 0.29) is 26.8 Å². The summed E-state index contributed by atoms with van der Waals surface area (Å²) in [5.41, 5.74) is 3.71. The lowest BCUT2D eigenvalue weighted by molar-refractivity contribution is -0.136. The molecule has 0 unspecified atom stereocenters. The second kappa shape index (κ2) is 7.20. The van der Waals surface area contributed by atoms with Crippen LogP contribution in [0.3, 0.4) is 0 Å². The Morgan fingerprint density at radius 1 is 1.24 bits per heavy atom. The number of halogens is 4. The Bertz CT molecular complexity index is 1260. The van der Waals surface area contributed by atoms with Crippen molar-refractivity contribution >= 4 is 56.0 Å². The average Bonchev–Trinajstić information content (AvgIpc) is 2.99. The molecule has 0 radical (unpaired) electrons. The molecule has 13 heteroatoms. The number of nitrogen functional groups attached to an aromatic ring is 1. The Kier molecular flexibility index (Phi) is 5.32. The van der Waals surface area contributed by atoms with Gasteiger partial charge in [-0.3, -0.25) is 9.36 Å². The quantitative estimate of drug-likeness (QED) is 0.453. The molecule has 7 nitrogen and oxygen atoms in total. The Morgan fingerprint density at radius 3 is 2.45 bits per heavy atom. The Hall–Kier alpha value is -2.28. The van der Waals surface area contributed by atoms with Gasteiger partial charge in [0.15, 0.2) is 5.16 Å². The maximum absolute atomic E-state index is 13.1. The number of carbonyl (C=O) groups is 1. The lowest BCUT2D eigenvalue weighted by Gasteiger charge is -2.11. The van der Waals surface area contributed by atoms with Crippen LogP contribution in [0.4, 0.5) is 18.9 Å². The molecule has 1 heterocycles. The van der Waals surface area contributed by atoms with E-state index in [4.69, 9.17) is 22.5 Å². The van der Waals surface area contributed by atoms with Gasteiger partial charge in [-0.25, -0.2) is 18.5 Å². The van der Waals surface area contributed by atoms with Crippen LogP contribution in [0.25, 0.3) is 11.0 Å². The molecule has 0 bridgehead atoms. The van der Waals surface area contributed by atoms with Crippen LogP contribution in [0.15, 0.2) is 40.4 Å². The summed E-state index contributed by atoms with van der Waals surface area (Å²) in [6.07, 6.45) is -3.12. The minimum absolute atomic E-state index is 0.0388. The molecule has 0 saturated carbocycles. The minimum Gasteiger partial charge on any atom is -0.396 e. The number of alkyl halides is 3. The summed E-state index contributed by atoms with van der Waals surface area (Å²) in [5, 5.41) is 4.99. The number of nitrogens with two attached hydrogens (primary N) is 2. The van der Waals surface area contributed by atoms with Crippen LogP contribution in [0.5, 0.6) is 0 Å². The van der Waals surface area contributed by atoms with Crippen molar-refractivity contribution in [3.8, 4) is 0 Å². The topological polar surface area (TPSA) is 121 Å². The van der Waals surface area contributed by atoms with Crippen molar-refractivity contribution in [2.75, 3.05) is 12.0 Å². The number of carbonyl (C=O) groups excluding carboxylic acids is 1. The van der Waals surface area contributed by atoms with Crippen molar-refractivity contribution in [3.63, 3.8) is 0 Å². The zero-order chi connectivity index (χ0) is 21.7. The van der Waals surface area contributed by atoms with E-state index in [2.05, 4.69) is 4.98 Å². The molecule has 0 fully saturated rings. The number of fused-ring (bicyclic) bond motifs is 1. The molecule has 0 spiro atoms. The first kappa shape index (κ1) is 21.4. The molecule has 29 heavy (non-hydrogen) atoms. The number of hydrogen-bond acceptors (Lipinski definition) is 6. The lowest BCUT2D eigenvalue weighted by atomic mass is 10.1. The van der Waals surface area contributed by atoms with Gasteiger partial charge in [0, 0.05) is 5.56 Å². The molecule has 1 aromatic heterocycles. The van der Waals surface area contributed by atoms with E-state index < -0.39 is 38.3 Å². The number of primary sulfonamides is 1. The molecule has 0 aliphatic heterocycles. The molecule has 0 aliphatic rings. The number of rotatable bonds is 3. The number of hydrogen-bond donors (Lipinski definition) is 2. The minimum atomic E-state index is -4.69. The van der Waals surface area contributed by atoms with Gasteiger partial charge in [-0.15, -0.1) is 0 Å². The summed E-state index contributed by atoms with van der Waals surface area (Å²) in [4.78, 5) is 16.6. The predicted octanol–water partition coefficient (Wildman–Crippen LogP) is 3.35. The lowest BCUT2D eigenvalue weighted by Crippen LogP contribution is -2.17. The number of benzene rings is 2. The fourth-order valence-corrected chi connectivity index (χ4v) is 4.32. The molecule has 3 aromatic rings. The van der Waals surface area contributed by atoms with E-state index in [1.165, 1.54) is 12.1 Å². The first-order chi connectivity index (χ1) is 13.4. The normalized spacial score (nSPS) is 12.5. The van der Waals surface area contributed by atoms with Crippen LogP contribution < -0.4 is 10.9 Å². The fourth-order valence-electron chi connectivity index (χ4n) is 2.71. The van der Waals surface area contributed by atoms with Crippen LogP contribution in [0.2, 0.25) is 5.02 Å². The summed E-state index contributed by atoms with van der Waals surface area (Å²) in [6.45, 7) is 0. The highest BCUT2D eigenvalue weighted by atomic mass is 35.5. The first-order valence-corrected chi connectivity index (χ1v) is 10.8. The number of sulfonamides is 1. The van der Waals surface area contributed by atoms with Gasteiger partial charge >= 0.3 is 6.18 Å². The molecule has 154 valence electrons. The van der Waals surface area contributed by atoms with E-state index in [9.17, 15) is 26.4 Å². The van der Waals surface area contributed by atoms with Gasteiger partial charge < -0.3 is 5.73 Å². The van der Waals surface area contributed by atoms with Gasteiger partial charge in [0.05, 0.1) is 21.8 Å². The molecular formula is C16H12ClF3N4O3S2.